The summed E-state index contributed by atoms with van der Waals surface area (Å²) < 4.78 is 0. The molecule has 0 bridgehead atoms. The monoisotopic (exact) mass is 351 g/mol. The summed E-state index contributed by atoms with van der Waals surface area (Å²) in [5.41, 5.74) is 2.56. The maximum Gasteiger partial charge on any atom is 0.0602 e. The fraction of sp³-hybridized carbons (Fsp3) is 0.286. The molecule has 0 spiro atoms. The number of hydrogen-bond donors (Lipinski definition) is 1. The van der Waals surface area contributed by atoms with Gasteiger partial charge in [-0.2, -0.15) is 0 Å². The van der Waals surface area contributed by atoms with E-state index in [1.165, 1.54) is 21.9 Å². The predicted molar refractivity (Wildman–Crippen MR) is 104 cm³/mol. The van der Waals surface area contributed by atoms with Crippen LogP contribution in [0.1, 0.15) is 23.6 Å². The highest BCUT2D eigenvalue weighted by Crippen LogP contribution is 2.32. The van der Waals surface area contributed by atoms with Crippen molar-refractivity contribution in [1.82, 2.24) is 15.2 Å². The largest absolute Gasteiger partial charge is 0.315 e. The Bertz CT molecular complexity index is 856. The number of benzene rings is 2. The molecule has 1 aliphatic heterocycles. The van der Waals surface area contributed by atoms with Gasteiger partial charge in [0.05, 0.1) is 6.04 Å². The minimum absolute atomic E-state index is 0.219. The SMILES string of the molecule is Clc1cccc(C(c2ccc3cnccc3c2)N2CCCNCC2)c1. The van der Waals surface area contributed by atoms with Gasteiger partial charge in [-0.05, 0) is 53.7 Å². The first kappa shape index (κ1) is 16.5. The molecule has 4 rings (SSSR count). The van der Waals surface area contributed by atoms with Gasteiger partial charge in [-0.15, -0.1) is 0 Å². The Hall–Kier alpha value is -1.94. The molecule has 1 aromatic heterocycles. The molecule has 1 fully saturated rings. The number of pyridine rings is 1. The highest BCUT2D eigenvalue weighted by molar-refractivity contribution is 6.30. The lowest BCUT2D eigenvalue weighted by atomic mass is 9.95. The molecule has 3 nitrogen and oxygen atoms in total. The van der Waals surface area contributed by atoms with Crippen LogP contribution in [0.4, 0.5) is 0 Å². The first-order chi connectivity index (χ1) is 12.3. The Morgan fingerprint density at radius 3 is 2.80 bits per heavy atom. The molecule has 1 unspecified atom stereocenters. The normalized spacial score (nSPS) is 17.3. The third-order valence-corrected chi connectivity index (χ3v) is 5.12. The van der Waals surface area contributed by atoms with Crippen LogP contribution in [0.25, 0.3) is 10.8 Å². The summed E-state index contributed by atoms with van der Waals surface area (Å²) in [6, 6.07) is 17.3. The highest BCUT2D eigenvalue weighted by atomic mass is 35.5. The lowest BCUT2D eigenvalue weighted by Crippen LogP contribution is -2.33. The fourth-order valence-electron chi connectivity index (χ4n) is 3.69. The van der Waals surface area contributed by atoms with Gasteiger partial charge in [0.1, 0.15) is 0 Å². The van der Waals surface area contributed by atoms with Gasteiger partial charge < -0.3 is 5.32 Å². The van der Waals surface area contributed by atoms with Crippen LogP contribution in [-0.2, 0) is 0 Å². The maximum atomic E-state index is 6.30. The molecular weight excluding hydrogens is 330 g/mol. The van der Waals surface area contributed by atoms with Crippen LogP contribution in [-0.4, -0.2) is 36.1 Å². The fourth-order valence-corrected chi connectivity index (χ4v) is 3.89. The summed E-state index contributed by atoms with van der Waals surface area (Å²) in [5.74, 6) is 0. The maximum absolute atomic E-state index is 6.30. The number of nitrogens with zero attached hydrogens (tertiary/aromatic N) is 2. The molecule has 128 valence electrons. The molecule has 4 heteroatoms. The van der Waals surface area contributed by atoms with Crippen LogP contribution in [0.3, 0.4) is 0 Å². The Morgan fingerprint density at radius 1 is 0.960 bits per heavy atom. The molecule has 2 aromatic carbocycles. The highest BCUT2D eigenvalue weighted by Gasteiger charge is 2.23. The number of rotatable bonds is 3. The van der Waals surface area contributed by atoms with E-state index in [-0.39, 0.29) is 6.04 Å². The number of aromatic nitrogens is 1. The minimum atomic E-state index is 0.219. The molecule has 25 heavy (non-hydrogen) atoms. The summed E-state index contributed by atoms with van der Waals surface area (Å²) in [4.78, 5) is 6.79. The van der Waals surface area contributed by atoms with E-state index in [4.69, 9.17) is 11.6 Å². The number of hydrogen-bond acceptors (Lipinski definition) is 3. The topological polar surface area (TPSA) is 28.2 Å². The third-order valence-electron chi connectivity index (χ3n) is 4.88. The second kappa shape index (κ2) is 7.52. The van der Waals surface area contributed by atoms with E-state index in [9.17, 15) is 0 Å². The van der Waals surface area contributed by atoms with Gasteiger partial charge in [0, 0.05) is 42.4 Å². The van der Waals surface area contributed by atoms with E-state index in [1.807, 2.05) is 24.5 Å². The van der Waals surface area contributed by atoms with Crippen LogP contribution in [0.2, 0.25) is 5.02 Å². The zero-order valence-electron chi connectivity index (χ0n) is 14.2. The Balaban J connectivity index is 1.80. The zero-order chi connectivity index (χ0) is 17.1. The Kier molecular flexibility index (Phi) is 4.97. The predicted octanol–water partition coefficient (Wildman–Crippen LogP) is 4.27. The first-order valence-corrected chi connectivity index (χ1v) is 9.23. The van der Waals surface area contributed by atoms with E-state index in [0.29, 0.717) is 0 Å². The average molecular weight is 352 g/mol. The van der Waals surface area contributed by atoms with E-state index >= 15 is 0 Å². The van der Waals surface area contributed by atoms with E-state index in [0.717, 1.165) is 37.6 Å². The van der Waals surface area contributed by atoms with Crippen molar-refractivity contribution in [3.05, 3.63) is 77.1 Å². The standard InChI is InChI=1S/C21H22ClN3/c22-20-4-1-3-17(14-20)21(25-11-2-8-23-10-12-25)18-5-6-19-15-24-9-7-16(19)13-18/h1,3-7,9,13-15,21,23H,2,8,10-12H2. The van der Waals surface area contributed by atoms with Crippen molar-refractivity contribution in [2.75, 3.05) is 26.2 Å². The smallest absolute Gasteiger partial charge is 0.0602 e. The van der Waals surface area contributed by atoms with Crippen LogP contribution in [0.5, 0.6) is 0 Å². The van der Waals surface area contributed by atoms with E-state index in [1.54, 1.807) is 0 Å². The lowest BCUT2D eigenvalue weighted by Gasteiger charge is -2.31. The van der Waals surface area contributed by atoms with E-state index < -0.39 is 0 Å². The van der Waals surface area contributed by atoms with Gasteiger partial charge >= 0.3 is 0 Å². The molecule has 0 amide bonds. The molecule has 2 heterocycles. The number of fused-ring (bicyclic) bond motifs is 1. The van der Waals surface area contributed by atoms with Crippen LogP contribution >= 0.6 is 11.6 Å². The number of nitrogens with one attached hydrogen (secondary N) is 1. The van der Waals surface area contributed by atoms with Gasteiger partial charge in [-0.1, -0.05) is 35.9 Å². The second-order valence-electron chi connectivity index (χ2n) is 6.58. The molecule has 1 aliphatic rings. The molecule has 1 saturated heterocycles. The van der Waals surface area contributed by atoms with Crippen molar-refractivity contribution in [1.29, 1.82) is 0 Å². The van der Waals surface area contributed by atoms with E-state index in [2.05, 4.69) is 51.6 Å². The second-order valence-corrected chi connectivity index (χ2v) is 7.02. The molecule has 3 aromatic rings. The number of halogens is 1. The molecule has 1 N–H and O–H groups in total. The van der Waals surface area contributed by atoms with Gasteiger partial charge in [0.25, 0.3) is 0 Å². The van der Waals surface area contributed by atoms with Gasteiger partial charge in [0.2, 0.25) is 0 Å². The summed E-state index contributed by atoms with van der Waals surface area (Å²) >= 11 is 6.30. The lowest BCUT2D eigenvalue weighted by molar-refractivity contribution is 0.241. The Morgan fingerprint density at radius 2 is 1.88 bits per heavy atom. The van der Waals surface area contributed by atoms with Crippen LogP contribution in [0.15, 0.2) is 60.9 Å². The minimum Gasteiger partial charge on any atom is -0.315 e. The van der Waals surface area contributed by atoms with Gasteiger partial charge in [-0.25, -0.2) is 0 Å². The summed E-state index contributed by atoms with van der Waals surface area (Å²) in [5, 5.41) is 6.70. The van der Waals surface area contributed by atoms with Crippen molar-refractivity contribution in [3.8, 4) is 0 Å². The van der Waals surface area contributed by atoms with Gasteiger partial charge in [0.15, 0.2) is 0 Å². The third kappa shape index (κ3) is 3.69. The quantitative estimate of drug-likeness (QED) is 0.763. The summed E-state index contributed by atoms with van der Waals surface area (Å²) in [6.45, 7) is 4.22. The van der Waals surface area contributed by atoms with Crippen molar-refractivity contribution in [2.45, 2.75) is 12.5 Å². The Labute approximate surface area is 153 Å². The average Bonchev–Trinajstić information content (AvgIpc) is 2.91. The molecule has 0 radical (unpaired) electrons. The summed E-state index contributed by atoms with van der Waals surface area (Å²) in [6.07, 6.45) is 4.94. The van der Waals surface area contributed by atoms with Crippen molar-refractivity contribution in [2.24, 2.45) is 0 Å². The van der Waals surface area contributed by atoms with Crippen LogP contribution in [0, 0.1) is 0 Å². The molecule has 1 atom stereocenters. The zero-order valence-corrected chi connectivity index (χ0v) is 14.9. The van der Waals surface area contributed by atoms with Crippen molar-refractivity contribution < 1.29 is 0 Å². The molecule has 0 aliphatic carbocycles. The summed E-state index contributed by atoms with van der Waals surface area (Å²) in [7, 11) is 0. The molecule has 0 saturated carbocycles. The first-order valence-electron chi connectivity index (χ1n) is 8.85. The van der Waals surface area contributed by atoms with Gasteiger partial charge in [-0.3, -0.25) is 9.88 Å². The van der Waals surface area contributed by atoms with Crippen molar-refractivity contribution in [3.63, 3.8) is 0 Å². The molecular formula is C21H22ClN3. The van der Waals surface area contributed by atoms with Crippen molar-refractivity contribution >= 4 is 22.4 Å². The van der Waals surface area contributed by atoms with Crippen LogP contribution < -0.4 is 5.32 Å².